The fourth-order valence-corrected chi connectivity index (χ4v) is 4.91. The predicted octanol–water partition coefficient (Wildman–Crippen LogP) is -1.61. The summed E-state index contributed by atoms with van der Waals surface area (Å²) in [7, 11) is 0. The largest absolute Gasteiger partial charge is 0.399 e. The maximum atomic E-state index is 12.7. The maximum absolute atomic E-state index is 12.7. The summed E-state index contributed by atoms with van der Waals surface area (Å²) in [5.41, 5.74) is 6.78. The molecule has 4 N–H and O–H groups in total. The van der Waals surface area contributed by atoms with Crippen molar-refractivity contribution in [1.82, 2.24) is 24.9 Å². The van der Waals surface area contributed by atoms with Crippen LogP contribution in [-0.4, -0.2) is 88.2 Å². The molecule has 0 spiro atoms. The lowest BCUT2D eigenvalue weighted by atomic mass is 9.91. The molecule has 0 aliphatic carbocycles. The van der Waals surface area contributed by atoms with E-state index in [1.165, 1.54) is 4.90 Å². The Balaban J connectivity index is 1.30. The van der Waals surface area contributed by atoms with E-state index in [-0.39, 0.29) is 23.9 Å². The molecule has 5 aliphatic rings. The molecule has 4 bridgehead atoms. The van der Waals surface area contributed by atoms with Crippen molar-refractivity contribution in [3.05, 3.63) is 29.3 Å². The number of aliphatic hydroxyl groups excluding tert-OH is 1. The van der Waals surface area contributed by atoms with Crippen LogP contribution in [0.15, 0.2) is 18.2 Å². The van der Waals surface area contributed by atoms with Crippen molar-refractivity contribution in [3.8, 4) is 0 Å². The summed E-state index contributed by atoms with van der Waals surface area (Å²) in [6, 6.07) is 4.81. The molecule has 1 aromatic carbocycles. The number of hydrogen-bond acceptors (Lipinski definition) is 7. The average molecular weight is 358 g/mol. The van der Waals surface area contributed by atoms with Crippen LogP contribution in [-0.2, 0) is 4.79 Å². The molecule has 5 aliphatic heterocycles. The molecule has 0 aromatic heterocycles. The van der Waals surface area contributed by atoms with Crippen LogP contribution in [0.5, 0.6) is 0 Å². The van der Waals surface area contributed by atoms with Gasteiger partial charge in [0.1, 0.15) is 6.54 Å². The second-order valence-corrected chi connectivity index (χ2v) is 7.89. The van der Waals surface area contributed by atoms with Crippen molar-refractivity contribution in [1.29, 1.82) is 0 Å². The van der Waals surface area contributed by atoms with E-state index < -0.39 is 6.23 Å². The van der Waals surface area contributed by atoms with Crippen molar-refractivity contribution >= 4 is 17.5 Å². The Kier molecular flexibility index (Phi) is 3.32. The van der Waals surface area contributed by atoms with Crippen molar-refractivity contribution in [2.24, 2.45) is 0 Å². The predicted molar refractivity (Wildman–Crippen MR) is 92.4 cm³/mol. The zero-order valence-electron chi connectivity index (χ0n) is 14.4. The minimum absolute atomic E-state index is 0.170. The molecule has 6 rings (SSSR count). The molecule has 0 saturated carbocycles. The van der Waals surface area contributed by atoms with Crippen LogP contribution in [0.4, 0.5) is 5.69 Å². The Bertz CT molecular complexity index is 761. The highest BCUT2D eigenvalue weighted by Gasteiger charge is 2.49. The number of benzene rings is 1. The fraction of sp³-hybridized carbons (Fsp3) is 0.529. The Morgan fingerprint density at radius 2 is 1.81 bits per heavy atom. The van der Waals surface area contributed by atoms with E-state index in [1.807, 2.05) is 0 Å². The van der Waals surface area contributed by atoms with Gasteiger partial charge in [0.15, 0.2) is 6.23 Å². The molecule has 26 heavy (non-hydrogen) atoms. The molecular weight excluding hydrogens is 336 g/mol. The molecule has 1 unspecified atom stereocenters. The standard InChI is InChI=1S/C17H22N6O3/c18-11-1-2-12-13(3-11)16(26)23(15(12)25)4-14(24)19-17-5-20-8-21(6-17)10-22(7-17)9-20/h1-3,16,26H,4-10,18H2,(H,19,24). The molecule has 9 nitrogen and oxygen atoms in total. The van der Waals surface area contributed by atoms with E-state index in [0.29, 0.717) is 16.8 Å². The normalized spacial score (nSPS) is 37.1. The van der Waals surface area contributed by atoms with Crippen LogP contribution in [0, 0.1) is 0 Å². The fourth-order valence-electron chi connectivity index (χ4n) is 4.91. The minimum Gasteiger partial charge on any atom is -0.399 e. The van der Waals surface area contributed by atoms with Gasteiger partial charge in [-0.3, -0.25) is 29.2 Å². The van der Waals surface area contributed by atoms with Crippen molar-refractivity contribution in [2.45, 2.75) is 11.8 Å². The van der Waals surface area contributed by atoms with Crippen LogP contribution in [0.25, 0.3) is 0 Å². The average Bonchev–Trinajstić information content (AvgIpc) is 2.77. The number of nitrogens with two attached hydrogens (primary N) is 1. The number of aliphatic hydroxyl groups is 1. The van der Waals surface area contributed by atoms with E-state index in [4.69, 9.17) is 5.73 Å². The smallest absolute Gasteiger partial charge is 0.257 e. The third-order valence-corrected chi connectivity index (χ3v) is 5.64. The first-order chi connectivity index (χ1) is 12.4. The van der Waals surface area contributed by atoms with Crippen LogP contribution < -0.4 is 11.1 Å². The van der Waals surface area contributed by atoms with E-state index >= 15 is 0 Å². The van der Waals surface area contributed by atoms with Crippen molar-refractivity contribution in [3.63, 3.8) is 0 Å². The monoisotopic (exact) mass is 358 g/mol. The summed E-state index contributed by atoms with van der Waals surface area (Å²) in [5, 5.41) is 13.6. The first-order valence-electron chi connectivity index (χ1n) is 8.79. The van der Waals surface area contributed by atoms with Gasteiger partial charge in [-0.05, 0) is 18.2 Å². The second kappa shape index (κ2) is 5.40. The molecule has 5 heterocycles. The Morgan fingerprint density at radius 1 is 1.19 bits per heavy atom. The summed E-state index contributed by atoms with van der Waals surface area (Å²) >= 11 is 0. The van der Waals surface area contributed by atoms with Gasteiger partial charge in [0.05, 0.1) is 25.5 Å². The van der Waals surface area contributed by atoms with Gasteiger partial charge >= 0.3 is 0 Å². The first kappa shape index (κ1) is 16.0. The molecular formula is C17H22N6O3. The summed E-state index contributed by atoms with van der Waals surface area (Å²) in [5.74, 6) is -0.590. The zero-order chi connectivity index (χ0) is 18.1. The van der Waals surface area contributed by atoms with Crippen LogP contribution in [0.1, 0.15) is 22.1 Å². The number of nitrogens with one attached hydrogen (secondary N) is 1. The van der Waals surface area contributed by atoms with Gasteiger partial charge in [-0.25, -0.2) is 0 Å². The number of anilines is 1. The number of nitrogens with zero attached hydrogens (tertiary/aromatic N) is 4. The lowest BCUT2D eigenvalue weighted by molar-refractivity contribution is -0.158. The number of carbonyl (C=O) groups excluding carboxylic acids is 2. The SMILES string of the molecule is Nc1ccc2c(c1)C(O)N(CC(=O)NC13CN4CN(CN(C4)C1)C3)C2=O. The van der Waals surface area contributed by atoms with Gasteiger partial charge in [0.25, 0.3) is 5.91 Å². The molecule has 1 aromatic rings. The highest BCUT2D eigenvalue weighted by molar-refractivity contribution is 6.01. The number of rotatable bonds is 3. The zero-order valence-corrected chi connectivity index (χ0v) is 14.4. The minimum atomic E-state index is -1.14. The number of fused-ring (bicyclic) bond motifs is 1. The second-order valence-electron chi connectivity index (χ2n) is 7.89. The Hall–Kier alpha value is -2.20. The lowest BCUT2D eigenvalue weighted by Crippen LogP contribution is -2.80. The topological polar surface area (TPSA) is 105 Å². The van der Waals surface area contributed by atoms with Crippen LogP contribution in [0.2, 0.25) is 0 Å². The van der Waals surface area contributed by atoms with E-state index in [2.05, 4.69) is 20.0 Å². The first-order valence-corrected chi connectivity index (χ1v) is 8.79. The summed E-state index contributed by atoms with van der Waals surface area (Å²) in [4.78, 5) is 33.4. The summed E-state index contributed by atoms with van der Waals surface area (Å²) < 4.78 is 0. The lowest BCUT2D eigenvalue weighted by Gasteiger charge is -2.60. The Labute approximate surface area is 150 Å². The van der Waals surface area contributed by atoms with E-state index in [1.54, 1.807) is 18.2 Å². The number of hydrogen-bond donors (Lipinski definition) is 3. The number of nitrogen functional groups attached to an aromatic ring is 1. The number of amides is 2. The van der Waals surface area contributed by atoms with Gasteiger partial charge in [0, 0.05) is 36.4 Å². The van der Waals surface area contributed by atoms with Gasteiger partial charge in [-0.2, -0.15) is 0 Å². The van der Waals surface area contributed by atoms with Crippen molar-refractivity contribution < 1.29 is 14.7 Å². The molecule has 1 atom stereocenters. The third-order valence-electron chi connectivity index (χ3n) is 5.64. The third kappa shape index (κ3) is 2.39. The van der Waals surface area contributed by atoms with E-state index in [9.17, 15) is 14.7 Å². The molecule has 9 heteroatoms. The Morgan fingerprint density at radius 3 is 2.42 bits per heavy atom. The molecule has 2 amide bonds. The molecule has 138 valence electrons. The quantitative estimate of drug-likeness (QED) is 0.558. The van der Waals surface area contributed by atoms with Gasteiger partial charge in [0.2, 0.25) is 5.91 Å². The summed E-state index contributed by atoms with van der Waals surface area (Å²) in [6.45, 7) is 5.10. The maximum Gasteiger partial charge on any atom is 0.257 e. The highest BCUT2D eigenvalue weighted by Crippen LogP contribution is 2.33. The summed E-state index contributed by atoms with van der Waals surface area (Å²) in [6.07, 6.45) is -1.14. The van der Waals surface area contributed by atoms with Gasteiger partial charge < -0.3 is 16.2 Å². The molecule has 0 radical (unpaired) electrons. The highest BCUT2D eigenvalue weighted by atomic mass is 16.3. The molecule has 4 fully saturated rings. The van der Waals surface area contributed by atoms with E-state index in [0.717, 1.165) is 39.6 Å². The van der Waals surface area contributed by atoms with Crippen LogP contribution >= 0.6 is 0 Å². The molecule has 4 saturated heterocycles. The van der Waals surface area contributed by atoms with Crippen LogP contribution in [0.3, 0.4) is 0 Å². The van der Waals surface area contributed by atoms with Gasteiger partial charge in [-0.1, -0.05) is 0 Å². The number of carbonyl (C=O) groups is 2. The van der Waals surface area contributed by atoms with Crippen molar-refractivity contribution in [2.75, 3.05) is 51.9 Å². The van der Waals surface area contributed by atoms with Gasteiger partial charge in [-0.15, -0.1) is 0 Å².